The molecular formula is C27H26FN5S. The minimum Gasteiger partial charge on any atom is -0.398 e. The number of fused-ring (bicyclic) bond motifs is 1. The highest BCUT2D eigenvalue weighted by Gasteiger charge is 2.18. The lowest BCUT2D eigenvalue weighted by atomic mass is 9.91. The third-order valence-electron chi connectivity index (χ3n) is 5.32. The van der Waals surface area contributed by atoms with Gasteiger partial charge in [0.1, 0.15) is 11.6 Å². The van der Waals surface area contributed by atoms with Crippen molar-refractivity contribution in [2.45, 2.75) is 24.7 Å². The number of aromatic nitrogens is 1. The number of hydrogen-bond donors (Lipinski definition) is 3. The summed E-state index contributed by atoms with van der Waals surface area (Å²) in [7, 11) is 0. The van der Waals surface area contributed by atoms with Gasteiger partial charge in [0, 0.05) is 33.3 Å². The zero-order valence-electron chi connectivity index (χ0n) is 19.3. The van der Waals surface area contributed by atoms with E-state index in [9.17, 15) is 4.39 Å². The average molecular weight is 472 g/mol. The molecule has 172 valence electrons. The number of nitriles is 1. The molecule has 0 aliphatic rings. The molecule has 0 amide bonds. The van der Waals surface area contributed by atoms with Crippen LogP contribution in [0.4, 0.5) is 15.9 Å². The Morgan fingerprint density at radius 3 is 2.21 bits per heavy atom. The van der Waals surface area contributed by atoms with Gasteiger partial charge in [-0.05, 0) is 71.7 Å². The number of nitrogens with two attached hydrogens (primary N) is 2. The maximum atomic E-state index is 13.3. The van der Waals surface area contributed by atoms with Crippen LogP contribution in [0.1, 0.15) is 36.6 Å². The van der Waals surface area contributed by atoms with Crippen LogP contribution in [0.2, 0.25) is 0 Å². The molecule has 4 rings (SSSR count). The van der Waals surface area contributed by atoms with Crippen molar-refractivity contribution in [3.8, 4) is 17.2 Å². The Labute approximate surface area is 203 Å². The van der Waals surface area contributed by atoms with Crippen LogP contribution < -0.4 is 11.5 Å². The summed E-state index contributed by atoms with van der Waals surface area (Å²) in [5, 5.41) is 17.6. The predicted octanol–water partition coefficient (Wildman–Crippen LogP) is 6.61. The predicted molar refractivity (Wildman–Crippen MR) is 141 cm³/mol. The summed E-state index contributed by atoms with van der Waals surface area (Å²) >= 11 is 1.68. The van der Waals surface area contributed by atoms with Gasteiger partial charge < -0.3 is 16.9 Å². The Balaban J connectivity index is 0.000000271. The van der Waals surface area contributed by atoms with E-state index in [4.69, 9.17) is 22.1 Å². The standard InChI is InChI=1S/C19H19FN4.C8H7NS/c1-10(2)18-17(11-3-5-13(20)6-4-11)14-7-12(9-21)16(22)8-15(14)19(23)24-18;1-10-8-4-2-7(6-9)3-5-8/h3-10,21H,22H2,1-2H3,(H2,23,24);2-5H,1H3. The molecule has 0 radical (unpaired) electrons. The van der Waals surface area contributed by atoms with Gasteiger partial charge in [-0.25, -0.2) is 9.37 Å². The van der Waals surface area contributed by atoms with Gasteiger partial charge in [-0.15, -0.1) is 11.8 Å². The van der Waals surface area contributed by atoms with Gasteiger partial charge in [-0.3, -0.25) is 0 Å². The lowest BCUT2D eigenvalue weighted by molar-refractivity contribution is 0.628. The molecule has 0 fully saturated rings. The monoisotopic (exact) mass is 471 g/mol. The molecule has 7 heteroatoms. The third-order valence-corrected chi connectivity index (χ3v) is 6.06. The Morgan fingerprint density at radius 1 is 1.03 bits per heavy atom. The molecule has 0 saturated carbocycles. The highest BCUT2D eigenvalue weighted by atomic mass is 32.2. The molecular weight excluding hydrogens is 445 g/mol. The number of anilines is 2. The van der Waals surface area contributed by atoms with Crippen molar-refractivity contribution < 1.29 is 4.39 Å². The normalized spacial score (nSPS) is 10.5. The molecule has 5 nitrogen and oxygen atoms in total. The largest absolute Gasteiger partial charge is 0.398 e. The fourth-order valence-corrected chi connectivity index (χ4v) is 3.97. The minimum absolute atomic E-state index is 0.137. The molecule has 34 heavy (non-hydrogen) atoms. The van der Waals surface area contributed by atoms with E-state index < -0.39 is 0 Å². The number of nitrogens with one attached hydrogen (secondary N) is 1. The Bertz CT molecular complexity index is 1360. The molecule has 1 heterocycles. The van der Waals surface area contributed by atoms with Crippen molar-refractivity contribution >= 4 is 40.3 Å². The van der Waals surface area contributed by atoms with Crippen LogP contribution in [-0.2, 0) is 0 Å². The van der Waals surface area contributed by atoms with Crippen LogP contribution >= 0.6 is 11.8 Å². The molecule has 3 aromatic carbocycles. The molecule has 0 aliphatic carbocycles. The number of halogens is 1. The van der Waals surface area contributed by atoms with Gasteiger partial charge in [0.2, 0.25) is 0 Å². The number of rotatable bonds is 4. The number of nitrogen functional groups attached to an aromatic ring is 2. The first-order valence-electron chi connectivity index (χ1n) is 10.6. The summed E-state index contributed by atoms with van der Waals surface area (Å²) in [6.45, 7) is 4.07. The number of pyridine rings is 1. The molecule has 1 aromatic heterocycles. The average Bonchev–Trinajstić information content (AvgIpc) is 2.85. The number of benzene rings is 3. The highest BCUT2D eigenvalue weighted by molar-refractivity contribution is 7.98. The zero-order valence-corrected chi connectivity index (χ0v) is 20.1. The Morgan fingerprint density at radius 2 is 1.68 bits per heavy atom. The third kappa shape index (κ3) is 5.36. The van der Waals surface area contributed by atoms with Crippen molar-refractivity contribution in [3.05, 3.63) is 83.3 Å². The maximum Gasteiger partial charge on any atom is 0.131 e. The Kier molecular flexibility index (Phi) is 7.87. The molecule has 0 unspecified atom stereocenters. The zero-order chi connectivity index (χ0) is 24.8. The van der Waals surface area contributed by atoms with Crippen LogP contribution in [0.15, 0.2) is 65.6 Å². The van der Waals surface area contributed by atoms with E-state index in [1.54, 1.807) is 30.0 Å². The molecule has 0 atom stereocenters. The number of hydrogen-bond acceptors (Lipinski definition) is 6. The van der Waals surface area contributed by atoms with Gasteiger partial charge in [0.15, 0.2) is 0 Å². The van der Waals surface area contributed by atoms with Crippen molar-refractivity contribution in [1.29, 1.82) is 10.7 Å². The number of thioether (sulfide) groups is 1. The fourth-order valence-electron chi connectivity index (χ4n) is 3.56. The van der Waals surface area contributed by atoms with Crippen molar-refractivity contribution in [2.75, 3.05) is 17.7 Å². The molecule has 0 spiro atoms. The minimum atomic E-state index is -0.290. The fraction of sp³-hybridized carbons (Fsp3) is 0.148. The maximum absolute atomic E-state index is 13.3. The second-order valence-corrected chi connectivity index (χ2v) is 8.81. The lowest BCUT2D eigenvalue weighted by Gasteiger charge is -2.18. The van der Waals surface area contributed by atoms with E-state index in [0.717, 1.165) is 33.2 Å². The van der Waals surface area contributed by atoms with E-state index in [2.05, 4.69) is 11.1 Å². The van der Waals surface area contributed by atoms with Gasteiger partial charge >= 0.3 is 0 Å². The van der Waals surface area contributed by atoms with Gasteiger partial charge in [-0.2, -0.15) is 5.26 Å². The molecule has 0 aliphatic heterocycles. The summed E-state index contributed by atoms with van der Waals surface area (Å²) < 4.78 is 13.3. The van der Waals surface area contributed by atoms with E-state index in [1.165, 1.54) is 23.2 Å². The van der Waals surface area contributed by atoms with Crippen LogP contribution in [-0.4, -0.2) is 17.5 Å². The Hall–Kier alpha value is -3.89. The van der Waals surface area contributed by atoms with Gasteiger partial charge in [0.05, 0.1) is 17.3 Å². The van der Waals surface area contributed by atoms with Crippen LogP contribution in [0.3, 0.4) is 0 Å². The number of nitrogens with zero attached hydrogens (tertiary/aromatic N) is 2. The topological polar surface area (TPSA) is 113 Å². The van der Waals surface area contributed by atoms with Gasteiger partial charge in [0.25, 0.3) is 0 Å². The van der Waals surface area contributed by atoms with E-state index in [1.807, 2.05) is 50.4 Å². The van der Waals surface area contributed by atoms with Gasteiger partial charge in [-0.1, -0.05) is 26.0 Å². The summed E-state index contributed by atoms with van der Waals surface area (Å²) in [5.41, 5.74) is 16.5. The van der Waals surface area contributed by atoms with E-state index >= 15 is 0 Å². The van der Waals surface area contributed by atoms with Crippen LogP contribution in [0.5, 0.6) is 0 Å². The quantitative estimate of drug-likeness (QED) is 0.176. The molecule has 4 aromatic rings. The molecule has 0 saturated heterocycles. The van der Waals surface area contributed by atoms with Crippen LogP contribution in [0, 0.1) is 22.6 Å². The SMILES string of the molecule is CC(C)c1nc(N)c2cc(N)c(C=N)cc2c1-c1ccc(F)cc1.CSc1ccc(C#N)cc1. The van der Waals surface area contributed by atoms with E-state index in [0.29, 0.717) is 17.1 Å². The lowest BCUT2D eigenvalue weighted by Crippen LogP contribution is -2.04. The summed E-state index contributed by atoms with van der Waals surface area (Å²) in [6, 6.07) is 19.5. The van der Waals surface area contributed by atoms with E-state index in [-0.39, 0.29) is 11.7 Å². The molecule has 0 bridgehead atoms. The first-order valence-corrected chi connectivity index (χ1v) is 11.8. The first kappa shape index (κ1) is 24.7. The summed E-state index contributed by atoms with van der Waals surface area (Å²) in [5.74, 6) is 0.252. The first-order chi connectivity index (χ1) is 16.3. The smallest absolute Gasteiger partial charge is 0.131 e. The van der Waals surface area contributed by atoms with Crippen molar-refractivity contribution in [2.24, 2.45) is 0 Å². The van der Waals surface area contributed by atoms with Crippen LogP contribution in [0.25, 0.3) is 21.9 Å². The van der Waals surface area contributed by atoms with Crippen molar-refractivity contribution in [3.63, 3.8) is 0 Å². The summed E-state index contributed by atoms with van der Waals surface area (Å²) in [4.78, 5) is 5.76. The summed E-state index contributed by atoms with van der Waals surface area (Å²) in [6.07, 6.45) is 3.23. The highest BCUT2D eigenvalue weighted by Crippen LogP contribution is 2.38. The van der Waals surface area contributed by atoms with Crippen molar-refractivity contribution in [1.82, 2.24) is 4.98 Å². The second-order valence-electron chi connectivity index (χ2n) is 7.93. The molecule has 5 N–H and O–H groups in total. The second kappa shape index (κ2) is 10.8.